The van der Waals surface area contributed by atoms with Crippen molar-refractivity contribution in [3.63, 3.8) is 0 Å². The van der Waals surface area contributed by atoms with Gasteiger partial charge in [-0.1, -0.05) is 26.1 Å². The first-order chi connectivity index (χ1) is 8.47. The van der Waals surface area contributed by atoms with Gasteiger partial charge in [-0.15, -0.1) is 0 Å². The fourth-order valence-electron chi connectivity index (χ4n) is 1.94. The predicted molar refractivity (Wildman–Crippen MR) is 80.7 cm³/mol. The van der Waals surface area contributed by atoms with Gasteiger partial charge in [0.1, 0.15) is 0 Å². The fraction of sp³-hybridized carbons (Fsp3) is 0.538. The maximum atomic E-state index is 12.3. The van der Waals surface area contributed by atoms with Crippen LogP contribution in [0.1, 0.15) is 37.8 Å². The minimum atomic E-state index is -0.709. The summed E-state index contributed by atoms with van der Waals surface area (Å²) in [4.78, 5) is 12.6. The molecular weight excluding hydrogens is 264 g/mol. The van der Waals surface area contributed by atoms with Crippen LogP contribution in [0.5, 0.6) is 0 Å². The number of thiocarbonyl (C=S) groups is 1. The van der Waals surface area contributed by atoms with Crippen molar-refractivity contribution in [1.29, 1.82) is 0 Å². The highest BCUT2D eigenvalue weighted by atomic mass is 32.1. The first-order valence-electron chi connectivity index (χ1n) is 6.07. The van der Waals surface area contributed by atoms with Crippen molar-refractivity contribution in [2.45, 2.75) is 40.2 Å². The Bertz CT molecular complexity index is 436. The molecule has 0 unspecified atom stereocenters. The lowest BCUT2D eigenvalue weighted by molar-refractivity contribution is -0.128. The van der Waals surface area contributed by atoms with Crippen LogP contribution in [0, 0.1) is 12.3 Å². The smallest absolute Gasteiger partial charge is 0.233 e. The number of hydrogen-bond donors (Lipinski definition) is 2. The van der Waals surface area contributed by atoms with Crippen LogP contribution in [-0.2, 0) is 11.3 Å². The zero-order valence-corrected chi connectivity index (χ0v) is 12.7. The van der Waals surface area contributed by atoms with Crippen molar-refractivity contribution >= 4 is 34.5 Å². The third-order valence-corrected chi connectivity index (χ3v) is 4.82. The third kappa shape index (κ3) is 2.90. The topological polar surface area (TPSA) is 55.1 Å². The van der Waals surface area contributed by atoms with Crippen LogP contribution < -0.4 is 11.1 Å². The standard InChI is InChI=1S/C13H20N2OS2/c1-4-13(5-2,11(14)17)12(16)15-6-10-8-18-7-9(10)3/h7-8H,4-6H2,1-3H3,(H2,14,17)(H,15,16). The van der Waals surface area contributed by atoms with Crippen LogP contribution in [0.15, 0.2) is 10.8 Å². The third-order valence-electron chi connectivity index (χ3n) is 3.51. The molecule has 0 aliphatic rings. The van der Waals surface area contributed by atoms with Gasteiger partial charge >= 0.3 is 0 Å². The van der Waals surface area contributed by atoms with E-state index < -0.39 is 5.41 Å². The summed E-state index contributed by atoms with van der Waals surface area (Å²) in [7, 11) is 0. The molecule has 5 heteroatoms. The monoisotopic (exact) mass is 284 g/mol. The van der Waals surface area contributed by atoms with Gasteiger partial charge in [0.05, 0.1) is 10.4 Å². The largest absolute Gasteiger partial charge is 0.392 e. The molecule has 1 heterocycles. The minimum Gasteiger partial charge on any atom is -0.392 e. The van der Waals surface area contributed by atoms with Gasteiger partial charge < -0.3 is 11.1 Å². The molecule has 0 bridgehead atoms. The van der Waals surface area contributed by atoms with Crippen LogP contribution in [0.3, 0.4) is 0 Å². The van der Waals surface area contributed by atoms with Crippen molar-refractivity contribution in [3.8, 4) is 0 Å². The maximum Gasteiger partial charge on any atom is 0.233 e. The van der Waals surface area contributed by atoms with Crippen molar-refractivity contribution < 1.29 is 4.79 Å². The SMILES string of the molecule is CCC(CC)(C(=O)NCc1cscc1C)C(N)=S. The number of aryl methyl sites for hydroxylation is 1. The summed E-state index contributed by atoms with van der Waals surface area (Å²) < 4.78 is 0. The number of thiophene rings is 1. The molecule has 0 radical (unpaired) electrons. The van der Waals surface area contributed by atoms with E-state index in [2.05, 4.69) is 16.1 Å². The van der Waals surface area contributed by atoms with Gasteiger partial charge in [-0.05, 0) is 41.7 Å². The van der Waals surface area contributed by atoms with Gasteiger partial charge in [-0.25, -0.2) is 0 Å². The fourth-order valence-corrected chi connectivity index (χ4v) is 3.18. The Morgan fingerprint density at radius 1 is 1.44 bits per heavy atom. The first-order valence-corrected chi connectivity index (χ1v) is 7.43. The lowest BCUT2D eigenvalue weighted by Gasteiger charge is -2.28. The van der Waals surface area contributed by atoms with E-state index in [9.17, 15) is 4.79 Å². The minimum absolute atomic E-state index is 0.0643. The average Bonchev–Trinajstić information content (AvgIpc) is 2.74. The zero-order chi connectivity index (χ0) is 13.8. The second kappa shape index (κ2) is 6.29. The molecule has 0 aliphatic carbocycles. The van der Waals surface area contributed by atoms with Crippen LogP contribution in [0.2, 0.25) is 0 Å². The Balaban J connectivity index is 2.75. The van der Waals surface area contributed by atoms with E-state index in [1.165, 1.54) is 5.56 Å². The summed E-state index contributed by atoms with van der Waals surface area (Å²) in [6.07, 6.45) is 1.26. The molecule has 1 aromatic heterocycles. The number of nitrogens with two attached hydrogens (primary N) is 1. The van der Waals surface area contributed by atoms with Gasteiger partial charge in [-0.3, -0.25) is 4.79 Å². The Kier molecular flexibility index (Phi) is 5.28. The van der Waals surface area contributed by atoms with Gasteiger partial charge in [0.2, 0.25) is 5.91 Å². The van der Waals surface area contributed by atoms with Gasteiger partial charge in [0.25, 0.3) is 0 Å². The van der Waals surface area contributed by atoms with E-state index in [4.69, 9.17) is 18.0 Å². The quantitative estimate of drug-likeness (QED) is 0.790. The van der Waals surface area contributed by atoms with E-state index in [1.807, 2.05) is 20.8 Å². The second-order valence-electron chi connectivity index (χ2n) is 4.42. The van der Waals surface area contributed by atoms with Crippen molar-refractivity contribution in [2.24, 2.45) is 11.1 Å². The first kappa shape index (κ1) is 15.1. The molecule has 0 atom stereocenters. The molecule has 0 fully saturated rings. The van der Waals surface area contributed by atoms with E-state index in [0.29, 0.717) is 19.4 Å². The number of rotatable bonds is 6. The van der Waals surface area contributed by atoms with E-state index >= 15 is 0 Å². The van der Waals surface area contributed by atoms with Crippen molar-refractivity contribution in [2.75, 3.05) is 0 Å². The Morgan fingerprint density at radius 3 is 2.44 bits per heavy atom. The van der Waals surface area contributed by atoms with Crippen LogP contribution in [0.4, 0.5) is 0 Å². The highest BCUT2D eigenvalue weighted by Gasteiger charge is 2.37. The Hall–Kier alpha value is -0.940. The number of carbonyl (C=O) groups is 1. The summed E-state index contributed by atoms with van der Waals surface area (Å²) in [5.74, 6) is -0.0643. The lowest BCUT2D eigenvalue weighted by atomic mass is 9.81. The molecule has 100 valence electrons. The highest BCUT2D eigenvalue weighted by molar-refractivity contribution is 7.80. The second-order valence-corrected chi connectivity index (χ2v) is 5.60. The molecule has 3 nitrogen and oxygen atoms in total. The summed E-state index contributed by atoms with van der Waals surface area (Å²) in [5, 5.41) is 7.07. The molecular formula is C13H20N2OS2. The van der Waals surface area contributed by atoms with E-state index in [1.54, 1.807) is 11.3 Å². The molecule has 0 saturated heterocycles. The Morgan fingerprint density at radius 2 is 2.06 bits per heavy atom. The molecule has 0 saturated carbocycles. The summed E-state index contributed by atoms with van der Waals surface area (Å²) in [6.45, 7) is 6.47. The molecule has 0 aliphatic heterocycles. The number of hydrogen-bond acceptors (Lipinski definition) is 3. The lowest BCUT2D eigenvalue weighted by Crippen LogP contribution is -2.48. The molecule has 0 aromatic carbocycles. The Labute approximate surface area is 118 Å². The number of amides is 1. The summed E-state index contributed by atoms with van der Waals surface area (Å²) in [5.41, 5.74) is 7.39. The molecule has 1 aromatic rings. The maximum absolute atomic E-state index is 12.3. The van der Waals surface area contributed by atoms with Crippen LogP contribution >= 0.6 is 23.6 Å². The van der Waals surface area contributed by atoms with Crippen LogP contribution in [-0.4, -0.2) is 10.9 Å². The number of nitrogens with one attached hydrogen (secondary N) is 1. The molecule has 1 rings (SSSR count). The zero-order valence-electron chi connectivity index (χ0n) is 11.1. The van der Waals surface area contributed by atoms with Crippen LogP contribution in [0.25, 0.3) is 0 Å². The molecule has 3 N–H and O–H groups in total. The highest BCUT2D eigenvalue weighted by Crippen LogP contribution is 2.27. The van der Waals surface area contributed by atoms with Crippen molar-refractivity contribution in [1.82, 2.24) is 5.32 Å². The molecule has 1 amide bonds. The van der Waals surface area contributed by atoms with Gasteiger partial charge in [0, 0.05) is 6.54 Å². The van der Waals surface area contributed by atoms with E-state index in [0.717, 1.165) is 5.56 Å². The predicted octanol–water partition coefficient (Wildman–Crippen LogP) is 2.77. The van der Waals surface area contributed by atoms with E-state index in [-0.39, 0.29) is 10.9 Å². The summed E-state index contributed by atoms with van der Waals surface area (Å²) in [6, 6.07) is 0. The van der Waals surface area contributed by atoms with Crippen molar-refractivity contribution in [3.05, 3.63) is 21.9 Å². The summed E-state index contributed by atoms with van der Waals surface area (Å²) >= 11 is 6.70. The molecule has 18 heavy (non-hydrogen) atoms. The van der Waals surface area contributed by atoms with Gasteiger partial charge in [0.15, 0.2) is 0 Å². The normalized spacial score (nSPS) is 11.3. The average molecular weight is 284 g/mol. The molecule has 0 spiro atoms. The number of carbonyl (C=O) groups excluding carboxylic acids is 1. The van der Waals surface area contributed by atoms with Gasteiger partial charge in [-0.2, -0.15) is 11.3 Å².